The zero-order valence-corrected chi connectivity index (χ0v) is 14.4. The van der Waals surface area contributed by atoms with Gasteiger partial charge in [-0.3, -0.25) is 10.1 Å². The second-order valence-corrected chi connectivity index (χ2v) is 7.44. The third-order valence-electron chi connectivity index (χ3n) is 4.22. The van der Waals surface area contributed by atoms with Crippen LogP contribution < -0.4 is 5.32 Å². The highest BCUT2D eigenvalue weighted by Gasteiger charge is 2.28. The van der Waals surface area contributed by atoms with E-state index in [0.29, 0.717) is 5.37 Å². The van der Waals surface area contributed by atoms with Crippen LogP contribution in [0.3, 0.4) is 0 Å². The Morgan fingerprint density at radius 3 is 2.00 bits per heavy atom. The van der Waals surface area contributed by atoms with Crippen LogP contribution in [0.15, 0.2) is 0 Å². The number of rotatable bonds is 13. The standard InChI is InChI=1S/C17H33NO2S/c1-2-3-4-5-6-7-8-9-10-11-12-13-16-18-15(14-21-16)17(19)20/h15-16,18H,2-14H2,1H3,(H,19,20)/t15-,16?/m0/s1. The van der Waals surface area contributed by atoms with Crippen LogP contribution in [-0.4, -0.2) is 28.2 Å². The Morgan fingerprint density at radius 1 is 1.00 bits per heavy atom. The molecule has 2 atom stereocenters. The Bertz CT molecular complexity index is 274. The van der Waals surface area contributed by atoms with Crippen molar-refractivity contribution in [3.63, 3.8) is 0 Å². The summed E-state index contributed by atoms with van der Waals surface area (Å²) in [6.45, 7) is 2.27. The molecule has 3 nitrogen and oxygen atoms in total. The third-order valence-corrected chi connectivity index (χ3v) is 5.52. The molecule has 0 bridgehead atoms. The van der Waals surface area contributed by atoms with Crippen molar-refractivity contribution < 1.29 is 9.90 Å². The van der Waals surface area contributed by atoms with Gasteiger partial charge in [-0.05, 0) is 6.42 Å². The van der Waals surface area contributed by atoms with Crippen LogP contribution in [0.25, 0.3) is 0 Å². The zero-order valence-electron chi connectivity index (χ0n) is 13.6. The number of carbonyl (C=O) groups is 1. The maximum absolute atomic E-state index is 10.8. The SMILES string of the molecule is CCCCCCCCCCCCCC1N[C@H](C(=O)O)CS1. The van der Waals surface area contributed by atoms with Crippen LogP contribution in [0.2, 0.25) is 0 Å². The van der Waals surface area contributed by atoms with E-state index in [9.17, 15) is 4.79 Å². The fourth-order valence-electron chi connectivity index (χ4n) is 2.84. The fraction of sp³-hybridized carbons (Fsp3) is 0.941. The third kappa shape index (κ3) is 9.41. The molecular weight excluding hydrogens is 282 g/mol. The van der Waals surface area contributed by atoms with Gasteiger partial charge >= 0.3 is 5.97 Å². The molecule has 0 aromatic rings. The molecule has 0 radical (unpaired) electrons. The first-order valence-electron chi connectivity index (χ1n) is 8.84. The van der Waals surface area contributed by atoms with Crippen molar-refractivity contribution >= 4 is 17.7 Å². The molecule has 0 amide bonds. The summed E-state index contributed by atoms with van der Waals surface area (Å²) in [5.74, 6) is 0.0156. The van der Waals surface area contributed by atoms with Crippen molar-refractivity contribution in [2.45, 2.75) is 95.4 Å². The van der Waals surface area contributed by atoms with E-state index in [1.54, 1.807) is 11.8 Å². The summed E-state index contributed by atoms with van der Waals surface area (Å²) in [5.41, 5.74) is 0. The Hall–Kier alpha value is -0.220. The van der Waals surface area contributed by atoms with Crippen molar-refractivity contribution in [3.05, 3.63) is 0 Å². The van der Waals surface area contributed by atoms with Gasteiger partial charge in [-0.25, -0.2) is 0 Å². The van der Waals surface area contributed by atoms with E-state index in [-0.39, 0.29) is 6.04 Å². The smallest absolute Gasteiger partial charge is 0.321 e. The molecule has 1 rings (SSSR count). The summed E-state index contributed by atoms with van der Waals surface area (Å²) in [4.78, 5) is 10.8. The number of carboxylic acids is 1. The monoisotopic (exact) mass is 315 g/mol. The van der Waals surface area contributed by atoms with Gasteiger partial charge in [0.1, 0.15) is 6.04 Å². The van der Waals surface area contributed by atoms with E-state index in [2.05, 4.69) is 12.2 Å². The number of hydrogen-bond acceptors (Lipinski definition) is 3. The largest absolute Gasteiger partial charge is 0.480 e. The van der Waals surface area contributed by atoms with Gasteiger partial charge in [0.25, 0.3) is 0 Å². The number of aliphatic carboxylic acids is 1. The molecule has 21 heavy (non-hydrogen) atoms. The average molecular weight is 316 g/mol. The molecule has 124 valence electrons. The van der Waals surface area contributed by atoms with Gasteiger partial charge in [-0.2, -0.15) is 0 Å². The first-order chi connectivity index (χ1) is 10.2. The van der Waals surface area contributed by atoms with Crippen molar-refractivity contribution in [2.24, 2.45) is 0 Å². The average Bonchev–Trinajstić information content (AvgIpc) is 2.94. The molecule has 0 aromatic heterocycles. The van der Waals surface area contributed by atoms with E-state index in [4.69, 9.17) is 5.11 Å². The molecule has 0 aromatic carbocycles. The lowest BCUT2D eigenvalue weighted by Crippen LogP contribution is -2.36. The van der Waals surface area contributed by atoms with E-state index in [0.717, 1.165) is 12.2 Å². The van der Waals surface area contributed by atoms with Crippen molar-refractivity contribution in [1.82, 2.24) is 5.32 Å². The van der Waals surface area contributed by atoms with E-state index in [1.165, 1.54) is 70.6 Å². The maximum Gasteiger partial charge on any atom is 0.321 e. The molecule has 1 unspecified atom stereocenters. The molecule has 4 heteroatoms. The second kappa shape index (κ2) is 12.3. The number of hydrogen-bond donors (Lipinski definition) is 2. The predicted molar refractivity (Wildman–Crippen MR) is 91.9 cm³/mol. The quantitative estimate of drug-likeness (QED) is 0.479. The van der Waals surface area contributed by atoms with Crippen LogP contribution in [-0.2, 0) is 4.79 Å². The Labute approximate surface area is 134 Å². The lowest BCUT2D eigenvalue weighted by molar-refractivity contribution is -0.138. The van der Waals surface area contributed by atoms with Crippen LogP contribution >= 0.6 is 11.8 Å². The van der Waals surface area contributed by atoms with Crippen molar-refractivity contribution in [3.8, 4) is 0 Å². The first kappa shape index (κ1) is 18.8. The minimum Gasteiger partial charge on any atom is -0.480 e. The van der Waals surface area contributed by atoms with E-state index < -0.39 is 5.97 Å². The second-order valence-electron chi connectivity index (χ2n) is 6.20. The molecule has 0 spiro atoms. The summed E-state index contributed by atoms with van der Waals surface area (Å²) < 4.78 is 0. The summed E-state index contributed by atoms with van der Waals surface area (Å²) in [6, 6.07) is -0.326. The van der Waals surface area contributed by atoms with Gasteiger partial charge in [-0.15, -0.1) is 11.8 Å². The van der Waals surface area contributed by atoms with Gasteiger partial charge in [0.05, 0.1) is 5.37 Å². The van der Waals surface area contributed by atoms with Gasteiger partial charge < -0.3 is 5.11 Å². The maximum atomic E-state index is 10.8. The normalized spacial score (nSPS) is 21.8. The molecule has 0 aliphatic carbocycles. The summed E-state index contributed by atoms with van der Waals surface area (Å²) in [6.07, 6.45) is 16.1. The number of nitrogens with one attached hydrogen (secondary N) is 1. The molecule has 2 N–H and O–H groups in total. The first-order valence-corrected chi connectivity index (χ1v) is 9.89. The molecule has 1 aliphatic heterocycles. The molecule has 0 saturated carbocycles. The molecule has 1 fully saturated rings. The fourth-order valence-corrected chi connectivity index (χ4v) is 4.09. The summed E-state index contributed by atoms with van der Waals surface area (Å²) >= 11 is 1.77. The zero-order chi connectivity index (χ0) is 15.3. The number of carboxylic acid groups (broad SMARTS) is 1. The van der Waals surface area contributed by atoms with Crippen LogP contribution in [0, 0.1) is 0 Å². The Morgan fingerprint density at radius 2 is 1.52 bits per heavy atom. The lowest BCUT2D eigenvalue weighted by atomic mass is 10.1. The topological polar surface area (TPSA) is 49.3 Å². The molecule has 1 aliphatic rings. The van der Waals surface area contributed by atoms with E-state index in [1.807, 2.05) is 0 Å². The summed E-state index contributed by atoms with van der Waals surface area (Å²) in [7, 11) is 0. The lowest BCUT2D eigenvalue weighted by Gasteiger charge is -2.10. The van der Waals surface area contributed by atoms with Gasteiger partial charge in [-0.1, -0.05) is 77.6 Å². The number of thioether (sulfide) groups is 1. The summed E-state index contributed by atoms with van der Waals surface area (Å²) in [5, 5.41) is 12.5. The van der Waals surface area contributed by atoms with E-state index >= 15 is 0 Å². The Kier molecular flexibility index (Phi) is 11.1. The minimum absolute atomic E-state index is 0.326. The molecular formula is C17H33NO2S. The van der Waals surface area contributed by atoms with Crippen LogP contribution in [0.5, 0.6) is 0 Å². The highest BCUT2D eigenvalue weighted by molar-refractivity contribution is 8.00. The highest BCUT2D eigenvalue weighted by atomic mass is 32.2. The highest BCUT2D eigenvalue weighted by Crippen LogP contribution is 2.23. The van der Waals surface area contributed by atoms with Gasteiger partial charge in [0, 0.05) is 5.75 Å². The predicted octanol–water partition coefficient (Wildman–Crippen LogP) is 4.80. The molecule has 1 saturated heterocycles. The van der Waals surface area contributed by atoms with Crippen molar-refractivity contribution in [1.29, 1.82) is 0 Å². The van der Waals surface area contributed by atoms with Crippen LogP contribution in [0.1, 0.15) is 84.0 Å². The van der Waals surface area contributed by atoms with Crippen molar-refractivity contribution in [2.75, 3.05) is 5.75 Å². The van der Waals surface area contributed by atoms with Gasteiger partial charge in [0.15, 0.2) is 0 Å². The Balaban J connectivity index is 1.80. The number of unbranched alkanes of at least 4 members (excludes halogenated alkanes) is 10. The van der Waals surface area contributed by atoms with Crippen LogP contribution in [0.4, 0.5) is 0 Å². The molecule has 1 heterocycles. The minimum atomic E-state index is -0.705. The van der Waals surface area contributed by atoms with Gasteiger partial charge in [0.2, 0.25) is 0 Å².